The Morgan fingerprint density at radius 1 is 1.35 bits per heavy atom. The van der Waals surface area contributed by atoms with Gasteiger partial charge < -0.3 is 5.11 Å². The first-order chi connectivity index (χ1) is 9.49. The summed E-state index contributed by atoms with van der Waals surface area (Å²) >= 11 is 1.54. The molecule has 1 aromatic rings. The Hall–Kier alpha value is -1.10. The number of rotatable bonds is 5. The molecule has 0 spiro atoms. The molecule has 1 aromatic heterocycles. The number of aromatic nitrogens is 2. The number of nitrogens with zero attached hydrogens (tertiary/aromatic N) is 2. The van der Waals surface area contributed by atoms with Crippen molar-refractivity contribution in [2.45, 2.75) is 57.4 Å². The number of carboxylic acids is 1. The highest BCUT2D eigenvalue weighted by molar-refractivity contribution is 7.99. The number of hydrogen-bond donors (Lipinski definition) is 1. The highest BCUT2D eigenvalue weighted by atomic mass is 32.2. The van der Waals surface area contributed by atoms with Crippen molar-refractivity contribution in [2.75, 3.05) is 5.75 Å². The maximum absolute atomic E-state index is 11.4. The lowest BCUT2D eigenvalue weighted by molar-refractivity contribution is 0.0690. The maximum atomic E-state index is 11.4. The van der Waals surface area contributed by atoms with Crippen LogP contribution in [0.3, 0.4) is 0 Å². The molecule has 0 atom stereocenters. The van der Waals surface area contributed by atoms with Crippen LogP contribution in [0.5, 0.6) is 0 Å². The van der Waals surface area contributed by atoms with Crippen LogP contribution in [-0.4, -0.2) is 26.8 Å². The summed E-state index contributed by atoms with van der Waals surface area (Å²) < 4.78 is 0. The van der Waals surface area contributed by atoms with Crippen molar-refractivity contribution in [2.24, 2.45) is 5.92 Å². The Bertz CT molecular complexity index is 497. The van der Waals surface area contributed by atoms with E-state index < -0.39 is 5.97 Å². The summed E-state index contributed by atoms with van der Waals surface area (Å²) in [7, 11) is 0. The van der Waals surface area contributed by atoms with Crippen LogP contribution in [0.1, 0.15) is 67.3 Å². The van der Waals surface area contributed by atoms with E-state index in [2.05, 4.69) is 23.8 Å². The van der Waals surface area contributed by atoms with E-state index in [1.165, 1.54) is 24.6 Å². The summed E-state index contributed by atoms with van der Waals surface area (Å²) in [6.45, 7) is 6.03. The Morgan fingerprint density at radius 3 is 2.55 bits per heavy atom. The van der Waals surface area contributed by atoms with E-state index in [1.807, 2.05) is 0 Å². The molecule has 1 aliphatic rings. The first-order valence-electron chi connectivity index (χ1n) is 7.23. The van der Waals surface area contributed by atoms with Crippen LogP contribution in [0.4, 0.5) is 0 Å². The molecule has 1 saturated carbocycles. The molecule has 1 aliphatic carbocycles. The van der Waals surface area contributed by atoms with Gasteiger partial charge in [0.05, 0.1) is 5.69 Å². The molecule has 110 valence electrons. The number of thioether (sulfide) groups is 1. The van der Waals surface area contributed by atoms with Crippen LogP contribution in [0.15, 0.2) is 5.03 Å². The third-order valence-electron chi connectivity index (χ3n) is 3.56. The minimum atomic E-state index is -0.924. The SMILES string of the molecule is Cc1nc(C2CCCC2)nc(SCC(C)C)c1C(=O)O. The smallest absolute Gasteiger partial charge is 0.340 e. The molecule has 5 heteroatoms. The van der Waals surface area contributed by atoms with Crippen LogP contribution in [0.25, 0.3) is 0 Å². The first-order valence-corrected chi connectivity index (χ1v) is 8.22. The Labute approximate surface area is 124 Å². The Kier molecular flexibility index (Phi) is 5.02. The molecule has 2 rings (SSSR count). The minimum Gasteiger partial charge on any atom is -0.478 e. The van der Waals surface area contributed by atoms with Crippen LogP contribution in [0.2, 0.25) is 0 Å². The highest BCUT2D eigenvalue weighted by Gasteiger charge is 2.24. The molecular weight excluding hydrogens is 272 g/mol. The third-order valence-corrected chi connectivity index (χ3v) is 4.96. The second kappa shape index (κ2) is 6.57. The standard InChI is InChI=1S/C15H22N2O2S/c1-9(2)8-20-14-12(15(18)19)10(3)16-13(17-14)11-6-4-5-7-11/h9,11H,4-8H2,1-3H3,(H,18,19). The lowest BCUT2D eigenvalue weighted by Crippen LogP contribution is -2.12. The largest absolute Gasteiger partial charge is 0.478 e. The Balaban J connectivity index is 2.35. The molecule has 0 unspecified atom stereocenters. The van der Waals surface area contributed by atoms with Crippen molar-refractivity contribution in [3.63, 3.8) is 0 Å². The van der Waals surface area contributed by atoms with E-state index in [-0.39, 0.29) is 5.56 Å². The summed E-state index contributed by atoms with van der Waals surface area (Å²) in [5, 5.41) is 10.0. The molecule has 20 heavy (non-hydrogen) atoms. The van der Waals surface area contributed by atoms with Crippen LogP contribution < -0.4 is 0 Å². The fourth-order valence-electron chi connectivity index (χ4n) is 2.53. The normalized spacial score (nSPS) is 16.0. The monoisotopic (exact) mass is 294 g/mol. The zero-order chi connectivity index (χ0) is 14.7. The molecule has 1 heterocycles. The average Bonchev–Trinajstić information content (AvgIpc) is 2.88. The third kappa shape index (κ3) is 3.51. The van der Waals surface area contributed by atoms with Gasteiger partial charge in [0.1, 0.15) is 16.4 Å². The first kappa shape index (κ1) is 15.3. The van der Waals surface area contributed by atoms with Crippen molar-refractivity contribution in [1.29, 1.82) is 0 Å². The average molecular weight is 294 g/mol. The second-order valence-electron chi connectivity index (χ2n) is 5.84. The second-order valence-corrected chi connectivity index (χ2v) is 6.85. The fourth-order valence-corrected chi connectivity index (χ4v) is 3.56. The highest BCUT2D eigenvalue weighted by Crippen LogP contribution is 2.34. The number of carboxylic acid groups (broad SMARTS) is 1. The summed E-state index contributed by atoms with van der Waals surface area (Å²) in [5.74, 6) is 1.71. The Morgan fingerprint density at radius 2 is 2.00 bits per heavy atom. The van der Waals surface area contributed by atoms with E-state index in [0.717, 1.165) is 24.4 Å². The maximum Gasteiger partial charge on any atom is 0.340 e. The molecule has 1 fully saturated rings. The van der Waals surface area contributed by atoms with Gasteiger partial charge in [-0.15, -0.1) is 11.8 Å². The van der Waals surface area contributed by atoms with Crippen LogP contribution in [-0.2, 0) is 0 Å². The number of carbonyl (C=O) groups is 1. The van der Waals surface area contributed by atoms with Crippen molar-refractivity contribution in [3.05, 3.63) is 17.1 Å². The van der Waals surface area contributed by atoms with Gasteiger partial charge in [-0.2, -0.15) is 0 Å². The molecule has 0 saturated heterocycles. The van der Waals surface area contributed by atoms with E-state index >= 15 is 0 Å². The lowest BCUT2D eigenvalue weighted by atomic mass is 10.1. The van der Waals surface area contributed by atoms with Crippen LogP contribution >= 0.6 is 11.8 Å². The molecule has 0 radical (unpaired) electrons. The van der Waals surface area contributed by atoms with Crippen molar-refractivity contribution >= 4 is 17.7 Å². The van der Waals surface area contributed by atoms with Gasteiger partial charge in [-0.3, -0.25) is 0 Å². The van der Waals surface area contributed by atoms with Gasteiger partial charge in [0.2, 0.25) is 0 Å². The molecule has 0 aliphatic heterocycles. The molecule has 0 bridgehead atoms. The van der Waals surface area contributed by atoms with E-state index in [1.54, 1.807) is 6.92 Å². The van der Waals surface area contributed by atoms with Crippen molar-refractivity contribution in [3.8, 4) is 0 Å². The van der Waals surface area contributed by atoms with Gasteiger partial charge in [-0.1, -0.05) is 26.7 Å². The van der Waals surface area contributed by atoms with Gasteiger partial charge >= 0.3 is 5.97 Å². The number of aryl methyl sites for hydroxylation is 1. The van der Waals surface area contributed by atoms with Crippen molar-refractivity contribution < 1.29 is 9.90 Å². The topological polar surface area (TPSA) is 63.1 Å². The molecule has 4 nitrogen and oxygen atoms in total. The van der Waals surface area contributed by atoms with Gasteiger partial charge in [0.15, 0.2) is 0 Å². The van der Waals surface area contributed by atoms with Crippen LogP contribution in [0, 0.1) is 12.8 Å². The quantitative estimate of drug-likeness (QED) is 0.659. The summed E-state index contributed by atoms with van der Waals surface area (Å²) in [5.41, 5.74) is 0.873. The van der Waals surface area contributed by atoms with E-state index in [4.69, 9.17) is 0 Å². The molecule has 1 N–H and O–H groups in total. The lowest BCUT2D eigenvalue weighted by Gasteiger charge is -2.14. The summed E-state index contributed by atoms with van der Waals surface area (Å²) in [6, 6.07) is 0. The zero-order valence-corrected chi connectivity index (χ0v) is 13.2. The molecule has 0 amide bonds. The predicted molar refractivity (Wildman–Crippen MR) is 80.5 cm³/mol. The van der Waals surface area contributed by atoms with Gasteiger partial charge in [0.25, 0.3) is 0 Å². The van der Waals surface area contributed by atoms with E-state index in [9.17, 15) is 9.90 Å². The van der Waals surface area contributed by atoms with Gasteiger partial charge in [-0.25, -0.2) is 14.8 Å². The fraction of sp³-hybridized carbons (Fsp3) is 0.667. The van der Waals surface area contributed by atoms with Crippen molar-refractivity contribution in [1.82, 2.24) is 9.97 Å². The number of aromatic carboxylic acids is 1. The summed E-state index contributed by atoms with van der Waals surface area (Å²) in [4.78, 5) is 20.5. The zero-order valence-electron chi connectivity index (χ0n) is 12.3. The van der Waals surface area contributed by atoms with Gasteiger partial charge in [0, 0.05) is 11.7 Å². The van der Waals surface area contributed by atoms with E-state index in [0.29, 0.717) is 22.6 Å². The summed E-state index contributed by atoms with van der Waals surface area (Å²) in [6.07, 6.45) is 4.70. The van der Waals surface area contributed by atoms with Gasteiger partial charge in [-0.05, 0) is 25.7 Å². The number of hydrogen-bond acceptors (Lipinski definition) is 4. The predicted octanol–water partition coefficient (Wildman–Crippen LogP) is 3.89. The molecule has 0 aromatic carbocycles. The molecular formula is C15H22N2O2S. The minimum absolute atomic E-state index is 0.275.